The number of unbranched alkanes of at least 4 members (excludes halogenated alkanes) is 41. The van der Waals surface area contributed by atoms with Gasteiger partial charge >= 0.3 is 39.5 Å². The molecule has 0 aromatic carbocycles. The van der Waals surface area contributed by atoms with E-state index in [1.165, 1.54) is 186 Å². The van der Waals surface area contributed by atoms with Crippen LogP contribution in [0.4, 0.5) is 0 Å². The fourth-order valence-corrected chi connectivity index (χ4v) is 12.7. The van der Waals surface area contributed by atoms with E-state index in [1.807, 2.05) is 0 Å². The summed E-state index contributed by atoms with van der Waals surface area (Å²) in [5, 5.41) is 10.6. The van der Waals surface area contributed by atoms with E-state index in [9.17, 15) is 43.2 Å². The van der Waals surface area contributed by atoms with Crippen LogP contribution in [0, 0.1) is 11.8 Å². The third-order valence-electron chi connectivity index (χ3n) is 17.3. The predicted octanol–water partition coefficient (Wildman–Crippen LogP) is 21.2. The van der Waals surface area contributed by atoms with Gasteiger partial charge in [0.25, 0.3) is 0 Å². The molecule has 92 heavy (non-hydrogen) atoms. The van der Waals surface area contributed by atoms with Crippen molar-refractivity contribution >= 4 is 39.5 Å². The summed E-state index contributed by atoms with van der Waals surface area (Å²) in [7, 11) is -9.90. The Hall–Kier alpha value is -1.94. The van der Waals surface area contributed by atoms with Gasteiger partial charge in [-0.05, 0) is 37.5 Å². The van der Waals surface area contributed by atoms with Crippen molar-refractivity contribution in [3.8, 4) is 0 Å². The largest absolute Gasteiger partial charge is 0.472 e. The van der Waals surface area contributed by atoms with Crippen molar-refractivity contribution in [2.75, 3.05) is 39.6 Å². The molecule has 6 atom stereocenters. The monoisotopic (exact) mass is 1350 g/mol. The number of carbonyl (C=O) groups is 4. The third kappa shape index (κ3) is 65.4. The summed E-state index contributed by atoms with van der Waals surface area (Å²) < 4.78 is 68.4. The number of hydrogen-bond donors (Lipinski definition) is 3. The van der Waals surface area contributed by atoms with Crippen LogP contribution in [0.15, 0.2) is 0 Å². The molecule has 3 unspecified atom stereocenters. The number of phosphoric ester groups is 2. The van der Waals surface area contributed by atoms with Crippen molar-refractivity contribution in [3.63, 3.8) is 0 Å². The number of phosphoric acid groups is 2. The second-order valence-corrected chi connectivity index (χ2v) is 30.0. The van der Waals surface area contributed by atoms with Crippen LogP contribution in [0.3, 0.4) is 0 Å². The first-order chi connectivity index (χ1) is 44.4. The van der Waals surface area contributed by atoms with Gasteiger partial charge in [-0.2, -0.15) is 0 Å². The van der Waals surface area contributed by atoms with Gasteiger partial charge in [0.15, 0.2) is 12.2 Å². The van der Waals surface area contributed by atoms with E-state index < -0.39 is 97.5 Å². The van der Waals surface area contributed by atoms with Gasteiger partial charge in [0.2, 0.25) is 0 Å². The summed E-state index contributed by atoms with van der Waals surface area (Å²) in [5.74, 6) is -0.645. The molecule has 0 aromatic heterocycles. The minimum atomic E-state index is -4.95. The van der Waals surface area contributed by atoms with Gasteiger partial charge in [-0.1, -0.05) is 324 Å². The average molecular weight is 1350 g/mol. The third-order valence-corrected chi connectivity index (χ3v) is 19.2. The van der Waals surface area contributed by atoms with Gasteiger partial charge in [-0.3, -0.25) is 37.3 Å². The maximum Gasteiger partial charge on any atom is 0.472 e. The molecule has 0 aliphatic carbocycles. The van der Waals surface area contributed by atoms with Crippen molar-refractivity contribution in [1.29, 1.82) is 0 Å². The van der Waals surface area contributed by atoms with Gasteiger partial charge in [0.1, 0.15) is 19.3 Å². The van der Waals surface area contributed by atoms with E-state index in [0.29, 0.717) is 25.7 Å². The Morgan fingerprint density at radius 3 is 0.826 bits per heavy atom. The van der Waals surface area contributed by atoms with Crippen LogP contribution in [-0.2, 0) is 65.4 Å². The lowest BCUT2D eigenvalue weighted by molar-refractivity contribution is -0.161. The van der Waals surface area contributed by atoms with Crippen molar-refractivity contribution in [1.82, 2.24) is 0 Å². The van der Waals surface area contributed by atoms with Gasteiger partial charge in [-0.15, -0.1) is 0 Å². The SMILES string of the molecule is CCCCCCCCCCCCCCCCCCCCC(=O)O[C@H](COC(=O)CCCCCCCCCCCC(C)C)COP(=O)(O)OC[C@@H](O)COP(=O)(O)OC[C@@H](COC(=O)CCCCCCCCC(C)CC)OC(=O)CCCCCCCCCCCCCC. The zero-order valence-electron chi connectivity index (χ0n) is 59.9. The Balaban J connectivity index is 5.23. The molecule has 0 aromatic rings. The number of esters is 4. The Morgan fingerprint density at radius 1 is 0.315 bits per heavy atom. The number of hydrogen-bond acceptors (Lipinski definition) is 15. The highest BCUT2D eigenvalue weighted by Crippen LogP contribution is 2.45. The lowest BCUT2D eigenvalue weighted by atomic mass is 10.00. The first kappa shape index (κ1) is 90.1. The van der Waals surface area contributed by atoms with Crippen molar-refractivity contribution in [2.24, 2.45) is 11.8 Å². The van der Waals surface area contributed by atoms with Gasteiger partial charge in [0.05, 0.1) is 26.4 Å². The molecule has 0 heterocycles. The zero-order chi connectivity index (χ0) is 67.9. The minimum absolute atomic E-state index is 0.106. The molecular weight excluding hydrogens is 1210 g/mol. The number of rotatable bonds is 72. The molecule has 0 radical (unpaired) electrons. The number of ether oxygens (including phenoxy) is 4. The molecule has 3 N–H and O–H groups in total. The van der Waals surface area contributed by atoms with Gasteiger partial charge < -0.3 is 33.8 Å². The summed E-state index contributed by atoms with van der Waals surface area (Å²) in [4.78, 5) is 72.7. The number of aliphatic hydroxyl groups excluding tert-OH is 1. The molecule has 0 spiro atoms. The molecular formula is C73H142O17P2. The molecule has 0 aliphatic rings. The van der Waals surface area contributed by atoms with E-state index >= 15 is 0 Å². The molecule has 0 amide bonds. The molecule has 0 saturated carbocycles. The molecule has 0 bridgehead atoms. The topological polar surface area (TPSA) is 237 Å². The van der Waals surface area contributed by atoms with Crippen LogP contribution < -0.4 is 0 Å². The van der Waals surface area contributed by atoms with E-state index in [1.54, 1.807) is 0 Å². The first-order valence-electron chi connectivity index (χ1n) is 38.0. The standard InChI is InChI=1S/C73H142O17P2/c1-7-10-12-14-16-18-20-22-23-24-25-26-27-29-33-38-46-52-58-73(78)89-68(61-83-70(75)55-49-43-36-34-30-31-35-41-47-53-65(4)5)63-87-91(79,80)85-59-67(74)60-86-92(81,82)88-64-69(62-84-71(76)56-50-44-40-39-42-48-54-66(6)9-3)90-72(77)57-51-45-37-32-28-21-19-17-15-13-11-8-2/h65-69,74H,7-64H2,1-6H3,(H,79,80)(H,81,82)/t66?,67-,68-,69-/m1/s1. The smallest absolute Gasteiger partial charge is 0.462 e. The van der Waals surface area contributed by atoms with Crippen LogP contribution >= 0.6 is 15.6 Å². The predicted molar refractivity (Wildman–Crippen MR) is 372 cm³/mol. The van der Waals surface area contributed by atoms with Crippen LogP contribution in [0.1, 0.15) is 375 Å². The fourth-order valence-electron chi connectivity index (χ4n) is 11.1. The van der Waals surface area contributed by atoms with E-state index in [-0.39, 0.29) is 25.7 Å². The van der Waals surface area contributed by atoms with Crippen LogP contribution in [0.5, 0.6) is 0 Å². The number of carbonyl (C=O) groups excluding carboxylic acids is 4. The Labute approximate surface area is 562 Å². The van der Waals surface area contributed by atoms with Crippen molar-refractivity contribution in [2.45, 2.75) is 394 Å². The maximum atomic E-state index is 13.1. The Kier molecular flexibility index (Phi) is 63.7. The first-order valence-corrected chi connectivity index (χ1v) is 41.0. The second kappa shape index (κ2) is 65.0. The summed E-state index contributed by atoms with van der Waals surface area (Å²) >= 11 is 0. The Morgan fingerprint density at radius 2 is 0.554 bits per heavy atom. The minimum Gasteiger partial charge on any atom is -0.462 e. The highest BCUT2D eigenvalue weighted by molar-refractivity contribution is 7.47. The Bertz CT molecular complexity index is 1790. The summed E-state index contributed by atoms with van der Waals surface area (Å²) in [5.41, 5.74) is 0. The second-order valence-electron chi connectivity index (χ2n) is 27.1. The average Bonchev–Trinajstić information content (AvgIpc) is 1.84. The van der Waals surface area contributed by atoms with E-state index in [2.05, 4.69) is 41.5 Å². The lowest BCUT2D eigenvalue weighted by Gasteiger charge is -2.21. The quantitative estimate of drug-likeness (QED) is 0.0222. The van der Waals surface area contributed by atoms with Crippen LogP contribution in [0.25, 0.3) is 0 Å². The molecule has 17 nitrogen and oxygen atoms in total. The van der Waals surface area contributed by atoms with Gasteiger partial charge in [-0.25, -0.2) is 9.13 Å². The number of aliphatic hydroxyl groups is 1. The molecule has 19 heteroatoms. The molecule has 0 rings (SSSR count). The summed E-state index contributed by atoms with van der Waals surface area (Å²) in [6.07, 6.45) is 51.3. The van der Waals surface area contributed by atoms with Crippen LogP contribution in [-0.4, -0.2) is 96.7 Å². The van der Waals surface area contributed by atoms with E-state index in [0.717, 1.165) is 108 Å². The summed E-state index contributed by atoms with van der Waals surface area (Å²) in [6.45, 7) is 9.52. The highest BCUT2D eigenvalue weighted by atomic mass is 31.2. The molecule has 0 aliphatic heterocycles. The van der Waals surface area contributed by atoms with Gasteiger partial charge in [0, 0.05) is 25.7 Å². The van der Waals surface area contributed by atoms with Crippen LogP contribution in [0.2, 0.25) is 0 Å². The zero-order valence-corrected chi connectivity index (χ0v) is 61.6. The fraction of sp³-hybridized carbons (Fsp3) is 0.945. The van der Waals surface area contributed by atoms with Crippen molar-refractivity contribution < 1.29 is 80.2 Å². The molecule has 0 fully saturated rings. The molecule has 546 valence electrons. The maximum absolute atomic E-state index is 13.1. The van der Waals surface area contributed by atoms with E-state index in [4.69, 9.17) is 37.0 Å². The highest BCUT2D eigenvalue weighted by Gasteiger charge is 2.30. The summed E-state index contributed by atoms with van der Waals surface area (Å²) in [6, 6.07) is 0. The molecule has 0 saturated heterocycles. The van der Waals surface area contributed by atoms with Crippen molar-refractivity contribution in [3.05, 3.63) is 0 Å². The normalized spacial score (nSPS) is 14.4. The lowest BCUT2D eigenvalue weighted by Crippen LogP contribution is -2.30.